The van der Waals surface area contributed by atoms with E-state index in [0.29, 0.717) is 0 Å². The van der Waals surface area contributed by atoms with E-state index in [4.69, 9.17) is 6.42 Å². The number of nitrogens with zero attached hydrogens (tertiary/aromatic N) is 1. The third-order valence-electron chi connectivity index (χ3n) is 4.84. The van der Waals surface area contributed by atoms with Crippen molar-refractivity contribution in [3.8, 4) is 12.3 Å². The third kappa shape index (κ3) is 4.76. The van der Waals surface area contributed by atoms with Gasteiger partial charge < -0.3 is 10.6 Å². The Kier molecular flexibility index (Phi) is 6.28. The second kappa shape index (κ2) is 7.99. The van der Waals surface area contributed by atoms with Crippen molar-refractivity contribution in [2.75, 3.05) is 11.6 Å². The number of pyridine rings is 1. The predicted octanol–water partition coefficient (Wildman–Crippen LogP) is 2.72. The van der Waals surface area contributed by atoms with E-state index < -0.39 is 32.4 Å². The van der Waals surface area contributed by atoms with Gasteiger partial charge in [0.25, 0.3) is 5.91 Å². The molecule has 0 bridgehead atoms. The summed E-state index contributed by atoms with van der Waals surface area (Å²) < 4.78 is 64.5. The average Bonchev–Trinajstić information content (AvgIpc) is 2.61. The van der Waals surface area contributed by atoms with Gasteiger partial charge >= 0.3 is 0 Å². The smallest absolute Gasteiger partial charge is 0.257 e. The molecule has 154 valence electrons. The van der Waals surface area contributed by atoms with Crippen molar-refractivity contribution in [1.82, 2.24) is 10.3 Å². The van der Waals surface area contributed by atoms with E-state index in [9.17, 15) is 26.4 Å². The summed E-state index contributed by atoms with van der Waals surface area (Å²) >= 11 is 0. The minimum Gasteiger partial charge on any atom is -0.367 e. The molecule has 6 nitrogen and oxygen atoms in total. The number of anilines is 1. The standard InChI is InChI=1S/C18H22F3N3O3S/c1-4-18(5-2,28(3,26)27)24-16(25)14-10-12(19)11-22-15(14)23-13-6-8-17(20,21)9-7-13/h1,10-11,13H,5-9H2,2-3H3,(H,22,23)(H,24,25)/t18-/m1/s1. The molecule has 1 aromatic heterocycles. The molecule has 1 heterocycles. The van der Waals surface area contributed by atoms with E-state index in [1.807, 2.05) is 0 Å². The van der Waals surface area contributed by atoms with Crippen molar-refractivity contribution in [2.24, 2.45) is 0 Å². The number of sulfone groups is 1. The molecule has 0 unspecified atom stereocenters. The van der Waals surface area contributed by atoms with Gasteiger partial charge in [-0.2, -0.15) is 0 Å². The molecule has 28 heavy (non-hydrogen) atoms. The minimum absolute atomic E-state index is 0.0235. The van der Waals surface area contributed by atoms with Crippen LogP contribution in [-0.2, 0) is 9.84 Å². The highest BCUT2D eigenvalue weighted by Gasteiger charge is 2.40. The number of amides is 1. The molecule has 1 fully saturated rings. The molecule has 2 rings (SSSR count). The van der Waals surface area contributed by atoms with Crippen molar-refractivity contribution in [2.45, 2.75) is 55.9 Å². The Bertz CT molecular complexity index is 889. The average molecular weight is 417 g/mol. The molecule has 1 saturated carbocycles. The summed E-state index contributed by atoms with van der Waals surface area (Å²) in [6.45, 7) is 1.49. The fraction of sp³-hybridized carbons (Fsp3) is 0.556. The molecule has 0 aromatic carbocycles. The van der Waals surface area contributed by atoms with Gasteiger partial charge in [0.15, 0.2) is 9.84 Å². The van der Waals surface area contributed by atoms with Crippen LogP contribution < -0.4 is 10.6 Å². The lowest BCUT2D eigenvalue weighted by molar-refractivity contribution is -0.0361. The topological polar surface area (TPSA) is 88.2 Å². The number of hydrogen-bond acceptors (Lipinski definition) is 5. The number of carbonyl (C=O) groups excluding carboxylic acids is 1. The van der Waals surface area contributed by atoms with Crippen molar-refractivity contribution >= 4 is 21.6 Å². The lowest BCUT2D eigenvalue weighted by Gasteiger charge is -2.30. The summed E-state index contributed by atoms with van der Waals surface area (Å²) in [7, 11) is -3.88. The monoisotopic (exact) mass is 417 g/mol. The largest absolute Gasteiger partial charge is 0.367 e. The van der Waals surface area contributed by atoms with Crippen LogP contribution in [-0.4, -0.2) is 42.4 Å². The van der Waals surface area contributed by atoms with Crippen molar-refractivity contribution in [1.29, 1.82) is 0 Å². The fourth-order valence-corrected chi connectivity index (χ4v) is 4.06. The Morgan fingerprint density at radius 3 is 2.54 bits per heavy atom. The molecule has 10 heteroatoms. The first-order valence-electron chi connectivity index (χ1n) is 8.73. The van der Waals surface area contributed by atoms with Crippen LogP contribution in [0, 0.1) is 18.2 Å². The van der Waals surface area contributed by atoms with Crippen LogP contribution in [0.4, 0.5) is 19.0 Å². The van der Waals surface area contributed by atoms with E-state index in [1.54, 1.807) is 0 Å². The molecule has 1 aliphatic carbocycles. The van der Waals surface area contributed by atoms with Gasteiger partial charge in [0.05, 0.1) is 11.8 Å². The Balaban J connectivity index is 2.29. The van der Waals surface area contributed by atoms with Gasteiger partial charge in [-0.25, -0.2) is 26.6 Å². The first-order chi connectivity index (χ1) is 12.9. The Morgan fingerprint density at radius 2 is 2.04 bits per heavy atom. The van der Waals surface area contributed by atoms with Crippen LogP contribution in [0.1, 0.15) is 49.4 Å². The third-order valence-corrected chi connectivity index (χ3v) is 6.61. The second-order valence-electron chi connectivity index (χ2n) is 6.88. The summed E-state index contributed by atoms with van der Waals surface area (Å²) in [4.78, 5) is 14.6. The van der Waals surface area contributed by atoms with Crippen molar-refractivity contribution in [3.63, 3.8) is 0 Å². The van der Waals surface area contributed by atoms with Gasteiger partial charge in [0, 0.05) is 25.1 Å². The molecule has 0 radical (unpaired) electrons. The van der Waals surface area contributed by atoms with Gasteiger partial charge in [-0.15, -0.1) is 6.42 Å². The molecule has 0 spiro atoms. The number of rotatable bonds is 6. The maximum Gasteiger partial charge on any atom is 0.257 e. The van der Waals surface area contributed by atoms with Crippen LogP contribution in [0.25, 0.3) is 0 Å². The van der Waals surface area contributed by atoms with Gasteiger partial charge in [0.1, 0.15) is 11.6 Å². The quantitative estimate of drug-likeness (QED) is 0.695. The highest BCUT2D eigenvalue weighted by atomic mass is 32.2. The van der Waals surface area contributed by atoms with E-state index >= 15 is 0 Å². The summed E-state index contributed by atoms with van der Waals surface area (Å²) in [6, 6.07) is 0.518. The zero-order valence-corrected chi connectivity index (χ0v) is 16.4. The number of halogens is 3. The summed E-state index contributed by atoms with van der Waals surface area (Å²) in [5, 5.41) is 5.16. The maximum absolute atomic E-state index is 13.7. The van der Waals surface area contributed by atoms with Gasteiger partial charge in [0.2, 0.25) is 10.8 Å². The predicted molar refractivity (Wildman–Crippen MR) is 99.2 cm³/mol. The minimum atomic E-state index is -3.88. The second-order valence-corrected chi connectivity index (χ2v) is 9.12. The highest BCUT2D eigenvalue weighted by Crippen LogP contribution is 2.34. The van der Waals surface area contributed by atoms with Crippen LogP contribution >= 0.6 is 0 Å². The molecular formula is C18H22F3N3O3S. The molecule has 0 saturated heterocycles. The Morgan fingerprint density at radius 1 is 1.43 bits per heavy atom. The Hall–Kier alpha value is -2.28. The van der Waals surface area contributed by atoms with Gasteiger partial charge in [-0.3, -0.25) is 4.79 Å². The first kappa shape index (κ1) is 22.0. The number of aromatic nitrogens is 1. The number of terminal acetylenes is 1. The zero-order chi connectivity index (χ0) is 21.2. The summed E-state index contributed by atoms with van der Waals surface area (Å²) in [5.41, 5.74) is -0.256. The molecule has 1 amide bonds. The molecule has 1 aliphatic rings. The van der Waals surface area contributed by atoms with Crippen molar-refractivity contribution in [3.05, 3.63) is 23.6 Å². The van der Waals surface area contributed by atoms with Gasteiger partial charge in [-0.1, -0.05) is 12.8 Å². The van der Waals surface area contributed by atoms with E-state index in [2.05, 4.69) is 21.5 Å². The number of carbonyl (C=O) groups is 1. The van der Waals surface area contributed by atoms with Crippen LogP contribution in [0.15, 0.2) is 12.3 Å². The molecule has 2 N–H and O–H groups in total. The lowest BCUT2D eigenvalue weighted by Crippen LogP contribution is -2.52. The number of nitrogens with one attached hydrogen (secondary N) is 2. The zero-order valence-electron chi connectivity index (χ0n) is 15.6. The Labute approximate surface area is 162 Å². The number of alkyl halides is 2. The van der Waals surface area contributed by atoms with Crippen LogP contribution in [0.2, 0.25) is 0 Å². The molecular weight excluding hydrogens is 395 g/mol. The molecule has 0 aliphatic heterocycles. The number of hydrogen-bond donors (Lipinski definition) is 2. The summed E-state index contributed by atoms with van der Waals surface area (Å²) in [6.07, 6.45) is 6.71. The fourth-order valence-electron chi connectivity index (χ4n) is 3.04. The normalized spacial score (nSPS) is 19.3. The lowest BCUT2D eigenvalue weighted by atomic mass is 9.92. The van der Waals surface area contributed by atoms with E-state index in [-0.39, 0.29) is 49.5 Å². The highest BCUT2D eigenvalue weighted by molar-refractivity contribution is 7.92. The molecule has 1 aromatic rings. The van der Waals surface area contributed by atoms with Crippen LogP contribution in [0.3, 0.4) is 0 Å². The molecule has 1 atom stereocenters. The van der Waals surface area contributed by atoms with E-state index in [1.165, 1.54) is 6.92 Å². The SMILES string of the molecule is C#C[C@@](CC)(NC(=O)c1cc(F)cnc1NC1CCC(F)(F)CC1)S(C)(=O)=O. The van der Waals surface area contributed by atoms with Crippen molar-refractivity contribution < 1.29 is 26.4 Å². The van der Waals surface area contributed by atoms with Crippen LogP contribution in [0.5, 0.6) is 0 Å². The first-order valence-corrected chi connectivity index (χ1v) is 10.6. The van der Waals surface area contributed by atoms with Gasteiger partial charge in [-0.05, 0) is 25.3 Å². The van der Waals surface area contributed by atoms with E-state index in [0.717, 1.165) is 18.5 Å². The maximum atomic E-state index is 13.7. The summed E-state index contributed by atoms with van der Waals surface area (Å²) in [5.74, 6) is -2.40.